The highest BCUT2D eigenvalue weighted by molar-refractivity contribution is 7.08. The maximum atomic E-state index is 12.0. The second kappa shape index (κ2) is 5.61. The van der Waals surface area contributed by atoms with E-state index in [4.69, 9.17) is 5.84 Å². The summed E-state index contributed by atoms with van der Waals surface area (Å²) in [6, 6.07) is 3.38. The fourth-order valence-electron chi connectivity index (χ4n) is 1.54. The Balaban J connectivity index is 2.06. The number of nitrogen functional groups attached to an aromatic ring is 1. The summed E-state index contributed by atoms with van der Waals surface area (Å²) in [5.74, 6) is 5.49. The summed E-state index contributed by atoms with van der Waals surface area (Å²) in [7, 11) is 0. The number of pyridine rings is 1. The lowest BCUT2D eigenvalue weighted by molar-refractivity contribution is 0.0951. The highest BCUT2D eigenvalue weighted by Gasteiger charge is 2.11. The van der Waals surface area contributed by atoms with Gasteiger partial charge in [0.05, 0.1) is 5.56 Å². The number of nitrogens with zero attached hydrogens (tertiary/aromatic N) is 1. The number of nitrogens with one attached hydrogen (secondary N) is 2. The summed E-state index contributed by atoms with van der Waals surface area (Å²) in [4.78, 5) is 16.0. The first-order chi connectivity index (χ1) is 8.72. The van der Waals surface area contributed by atoms with Crippen molar-refractivity contribution in [3.8, 4) is 0 Å². The predicted octanol–water partition coefficient (Wildman–Crippen LogP) is 1.67. The van der Waals surface area contributed by atoms with Crippen LogP contribution in [0, 0.1) is 6.92 Å². The number of thiophene rings is 1. The van der Waals surface area contributed by atoms with Crippen LogP contribution in [0.4, 0.5) is 5.82 Å². The van der Waals surface area contributed by atoms with Crippen molar-refractivity contribution in [1.29, 1.82) is 0 Å². The molecule has 4 N–H and O–H groups in total. The second-order valence-electron chi connectivity index (χ2n) is 3.81. The molecule has 2 rings (SSSR count). The lowest BCUT2D eigenvalue weighted by atomic mass is 10.2. The molecule has 0 aliphatic rings. The molecule has 0 spiro atoms. The van der Waals surface area contributed by atoms with Gasteiger partial charge in [0.15, 0.2) is 5.82 Å². The zero-order valence-electron chi connectivity index (χ0n) is 9.93. The molecule has 2 aromatic heterocycles. The van der Waals surface area contributed by atoms with Crippen molar-refractivity contribution in [2.45, 2.75) is 13.5 Å². The topological polar surface area (TPSA) is 80.0 Å². The van der Waals surface area contributed by atoms with Crippen LogP contribution < -0.4 is 16.6 Å². The van der Waals surface area contributed by atoms with Crippen LogP contribution in [0.1, 0.15) is 21.5 Å². The maximum absolute atomic E-state index is 12.0. The third-order valence-electron chi connectivity index (χ3n) is 2.59. The molecule has 2 aromatic rings. The second-order valence-corrected chi connectivity index (χ2v) is 4.55. The van der Waals surface area contributed by atoms with Crippen LogP contribution in [0.25, 0.3) is 0 Å². The van der Waals surface area contributed by atoms with Gasteiger partial charge < -0.3 is 10.7 Å². The molecule has 0 atom stereocenters. The molecule has 6 heteroatoms. The molecule has 0 saturated heterocycles. The number of aromatic nitrogens is 1. The average molecular weight is 262 g/mol. The number of amides is 1. The Labute approximate surface area is 109 Å². The van der Waals surface area contributed by atoms with Gasteiger partial charge in [0.25, 0.3) is 5.91 Å². The molecule has 2 heterocycles. The van der Waals surface area contributed by atoms with Gasteiger partial charge in [-0.25, -0.2) is 10.8 Å². The number of hydrogen-bond donors (Lipinski definition) is 3. The Hall–Kier alpha value is -1.92. The van der Waals surface area contributed by atoms with Crippen molar-refractivity contribution in [2.75, 3.05) is 5.43 Å². The van der Waals surface area contributed by atoms with E-state index in [0.717, 1.165) is 5.56 Å². The number of hydrazine groups is 1. The SMILES string of the molecule is Cc1cscc1CNC(=O)c1cccnc1NN. The van der Waals surface area contributed by atoms with Crippen LogP contribution >= 0.6 is 11.3 Å². The van der Waals surface area contributed by atoms with Crippen molar-refractivity contribution in [3.63, 3.8) is 0 Å². The van der Waals surface area contributed by atoms with Crippen molar-refractivity contribution in [1.82, 2.24) is 10.3 Å². The molecular formula is C12H14N4OS. The number of carbonyl (C=O) groups excluding carboxylic acids is 1. The molecule has 0 saturated carbocycles. The molecular weight excluding hydrogens is 248 g/mol. The van der Waals surface area contributed by atoms with E-state index < -0.39 is 0 Å². The van der Waals surface area contributed by atoms with Gasteiger partial charge in [-0.15, -0.1) is 0 Å². The monoisotopic (exact) mass is 262 g/mol. The van der Waals surface area contributed by atoms with Crippen molar-refractivity contribution in [2.24, 2.45) is 5.84 Å². The van der Waals surface area contributed by atoms with Gasteiger partial charge in [-0.05, 0) is 40.9 Å². The Morgan fingerprint density at radius 1 is 1.50 bits per heavy atom. The molecule has 0 fully saturated rings. The minimum absolute atomic E-state index is 0.193. The van der Waals surface area contributed by atoms with Crippen molar-refractivity contribution < 1.29 is 4.79 Å². The lowest BCUT2D eigenvalue weighted by Crippen LogP contribution is -2.25. The number of rotatable bonds is 4. The first-order valence-electron chi connectivity index (χ1n) is 5.44. The Morgan fingerprint density at radius 3 is 3.00 bits per heavy atom. The number of hydrogen-bond acceptors (Lipinski definition) is 5. The summed E-state index contributed by atoms with van der Waals surface area (Å²) < 4.78 is 0. The van der Waals surface area contributed by atoms with Crippen LogP contribution in [-0.2, 0) is 6.54 Å². The van der Waals surface area contributed by atoms with Gasteiger partial charge in [0.2, 0.25) is 0 Å². The van der Waals surface area contributed by atoms with E-state index in [1.165, 1.54) is 5.56 Å². The first kappa shape index (κ1) is 12.5. The summed E-state index contributed by atoms with van der Waals surface area (Å²) in [5, 5.41) is 6.93. The van der Waals surface area contributed by atoms with Crippen molar-refractivity contribution >= 4 is 23.1 Å². The van der Waals surface area contributed by atoms with Gasteiger partial charge in [-0.1, -0.05) is 0 Å². The number of aryl methyl sites for hydroxylation is 1. The smallest absolute Gasteiger partial charge is 0.255 e. The molecule has 0 radical (unpaired) electrons. The normalized spacial score (nSPS) is 10.1. The summed E-state index contributed by atoms with van der Waals surface area (Å²) in [5.41, 5.74) is 5.16. The average Bonchev–Trinajstić information content (AvgIpc) is 2.81. The summed E-state index contributed by atoms with van der Waals surface area (Å²) in [6.45, 7) is 2.53. The van der Waals surface area contributed by atoms with E-state index in [2.05, 4.69) is 21.1 Å². The Bertz CT molecular complexity index is 553. The van der Waals surface area contributed by atoms with Gasteiger partial charge in [-0.3, -0.25) is 4.79 Å². The highest BCUT2D eigenvalue weighted by atomic mass is 32.1. The molecule has 94 valence electrons. The van der Waals surface area contributed by atoms with Crippen LogP contribution in [0.2, 0.25) is 0 Å². The van der Waals surface area contributed by atoms with Gasteiger partial charge >= 0.3 is 0 Å². The molecule has 1 amide bonds. The Morgan fingerprint density at radius 2 is 2.33 bits per heavy atom. The maximum Gasteiger partial charge on any atom is 0.255 e. The molecule has 0 aromatic carbocycles. The predicted molar refractivity (Wildman–Crippen MR) is 72.3 cm³/mol. The molecule has 0 bridgehead atoms. The standard InChI is InChI=1S/C12H14N4OS/c1-8-6-18-7-9(8)5-15-12(17)10-3-2-4-14-11(10)16-13/h2-4,6-7H,5,13H2,1H3,(H,14,16)(H,15,17). The zero-order valence-corrected chi connectivity index (χ0v) is 10.8. The van der Waals surface area contributed by atoms with Crippen LogP contribution in [-0.4, -0.2) is 10.9 Å². The highest BCUT2D eigenvalue weighted by Crippen LogP contribution is 2.14. The number of nitrogens with two attached hydrogens (primary N) is 1. The quantitative estimate of drug-likeness (QED) is 0.578. The van der Waals surface area contributed by atoms with E-state index >= 15 is 0 Å². The molecule has 0 aliphatic heterocycles. The third-order valence-corrected chi connectivity index (χ3v) is 3.50. The van der Waals surface area contributed by atoms with E-state index in [0.29, 0.717) is 17.9 Å². The molecule has 0 unspecified atom stereocenters. The van der Waals surface area contributed by atoms with Crippen LogP contribution in [0.15, 0.2) is 29.1 Å². The van der Waals surface area contributed by atoms with Gasteiger partial charge in [0.1, 0.15) is 0 Å². The van der Waals surface area contributed by atoms with Crippen LogP contribution in [0.3, 0.4) is 0 Å². The van der Waals surface area contributed by atoms with E-state index in [1.54, 1.807) is 29.7 Å². The number of carbonyl (C=O) groups is 1. The summed E-state index contributed by atoms with van der Waals surface area (Å²) >= 11 is 1.63. The fraction of sp³-hybridized carbons (Fsp3) is 0.167. The van der Waals surface area contributed by atoms with E-state index in [1.807, 2.05) is 12.3 Å². The molecule has 5 nitrogen and oxygen atoms in total. The van der Waals surface area contributed by atoms with Crippen molar-refractivity contribution in [3.05, 3.63) is 45.8 Å². The minimum Gasteiger partial charge on any atom is -0.348 e. The van der Waals surface area contributed by atoms with Crippen LogP contribution in [0.5, 0.6) is 0 Å². The number of anilines is 1. The van der Waals surface area contributed by atoms with E-state index in [9.17, 15) is 4.79 Å². The third kappa shape index (κ3) is 2.66. The lowest BCUT2D eigenvalue weighted by Gasteiger charge is -2.08. The first-order valence-corrected chi connectivity index (χ1v) is 6.38. The summed E-state index contributed by atoms with van der Waals surface area (Å²) in [6.07, 6.45) is 1.58. The van der Waals surface area contributed by atoms with Gasteiger partial charge in [-0.2, -0.15) is 11.3 Å². The molecule has 18 heavy (non-hydrogen) atoms. The minimum atomic E-state index is -0.193. The Kier molecular flexibility index (Phi) is 3.91. The zero-order chi connectivity index (χ0) is 13.0. The molecule has 0 aliphatic carbocycles. The fourth-order valence-corrected chi connectivity index (χ4v) is 2.40. The van der Waals surface area contributed by atoms with Gasteiger partial charge in [0, 0.05) is 12.7 Å². The van der Waals surface area contributed by atoms with E-state index in [-0.39, 0.29) is 5.91 Å². The largest absolute Gasteiger partial charge is 0.348 e.